The van der Waals surface area contributed by atoms with Crippen LogP contribution in [0.4, 0.5) is 5.69 Å². The molecule has 0 bridgehead atoms. The molecule has 1 aliphatic rings. The molecule has 1 unspecified atom stereocenters. The van der Waals surface area contributed by atoms with E-state index in [1.807, 2.05) is 6.08 Å². The first-order chi connectivity index (χ1) is 7.83. The molecule has 0 amide bonds. The maximum absolute atomic E-state index is 3.84. The van der Waals surface area contributed by atoms with Crippen LogP contribution in [0.5, 0.6) is 0 Å². The van der Waals surface area contributed by atoms with Crippen LogP contribution in [-0.2, 0) is 0 Å². The lowest BCUT2D eigenvalue weighted by Crippen LogP contribution is -2.22. The van der Waals surface area contributed by atoms with Gasteiger partial charge in [-0.05, 0) is 23.9 Å². The molecule has 0 radical (unpaired) electrons. The van der Waals surface area contributed by atoms with Gasteiger partial charge in [-0.2, -0.15) is 0 Å². The Balaban J connectivity index is 2.30. The zero-order chi connectivity index (χ0) is 11.1. The van der Waals surface area contributed by atoms with Crippen molar-refractivity contribution >= 4 is 16.5 Å². The molecule has 1 heterocycles. The highest BCUT2D eigenvalue weighted by Crippen LogP contribution is 2.43. The lowest BCUT2D eigenvalue weighted by atomic mass is 10.0. The van der Waals surface area contributed by atoms with Crippen LogP contribution in [0.25, 0.3) is 10.8 Å². The van der Waals surface area contributed by atoms with Gasteiger partial charge in [0.25, 0.3) is 0 Å². The molecule has 2 aromatic rings. The second kappa shape index (κ2) is 3.38. The summed E-state index contributed by atoms with van der Waals surface area (Å²) in [6.07, 6.45) is 1.97. The van der Waals surface area contributed by atoms with Crippen molar-refractivity contribution in [1.82, 2.24) is 0 Å². The Kier molecular flexibility index (Phi) is 2.00. The van der Waals surface area contributed by atoms with E-state index >= 15 is 0 Å². The van der Waals surface area contributed by atoms with E-state index in [9.17, 15) is 0 Å². The fraction of sp³-hybridized carbons (Fsp3) is 0.200. The standard InChI is InChI=1S/C15H15N/c1-3-10-16-11(2)13-8-4-6-12-7-5-9-14(16)15(12)13/h3-9,11H,1,10H2,2H3. The van der Waals surface area contributed by atoms with Gasteiger partial charge in [0.15, 0.2) is 0 Å². The van der Waals surface area contributed by atoms with Crippen LogP contribution >= 0.6 is 0 Å². The molecule has 3 rings (SSSR count). The molecule has 16 heavy (non-hydrogen) atoms. The quantitative estimate of drug-likeness (QED) is 0.678. The Morgan fingerprint density at radius 2 is 2.00 bits per heavy atom. The van der Waals surface area contributed by atoms with Gasteiger partial charge in [-0.15, -0.1) is 6.58 Å². The smallest absolute Gasteiger partial charge is 0.0524 e. The monoisotopic (exact) mass is 209 g/mol. The van der Waals surface area contributed by atoms with E-state index in [2.05, 4.69) is 54.8 Å². The fourth-order valence-corrected chi connectivity index (χ4v) is 2.71. The van der Waals surface area contributed by atoms with Gasteiger partial charge in [0.2, 0.25) is 0 Å². The van der Waals surface area contributed by atoms with Crippen LogP contribution in [-0.4, -0.2) is 6.54 Å². The minimum absolute atomic E-state index is 0.457. The van der Waals surface area contributed by atoms with Gasteiger partial charge in [0.05, 0.1) is 6.04 Å². The van der Waals surface area contributed by atoms with Gasteiger partial charge in [-0.3, -0.25) is 0 Å². The van der Waals surface area contributed by atoms with Crippen molar-refractivity contribution in [3.05, 3.63) is 54.6 Å². The van der Waals surface area contributed by atoms with Crippen LogP contribution in [0.3, 0.4) is 0 Å². The first kappa shape index (κ1) is 9.46. The summed E-state index contributed by atoms with van der Waals surface area (Å²) >= 11 is 0. The summed E-state index contributed by atoms with van der Waals surface area (Å²) < 4.78 is 0. The number of anilines is 1. The van der Waals surface area contributed by atoms with E-state index in [1.54, 1.807) is 0 Å². The Morgan fingerprint density at radius 1 is 1.25 bits per heavy atom. The van der Waals surface area contributed by atoms with Crippen molar-refractivity contribution in [2.45, 2.75) is 13.0 Å². The third-order valence-electron chi connectivity index (χ3n) is 3.47. The summed E-state index contributed by atoms with van der Waals surface area (Å²) in [6, 6.07) is 13.6. The number of hydrogen-bond acceptors (Lipinski definition) is 1. The zero-order valence-corrected chi connectivity index (χ0v) is 9.48. The average Bonchev–Trinajstić information content (AvgIpc) is 2.58. The molecule has 1 heteroatoms. The van der Waals surface area contributed by atoms with Crippen molar-refractivity contribution in [3.63, 3.8) is 0 Å². The Hall–Kier alpha value is -1.76. The summed E-state index contributed by atoms with van der Waals surface area (Å²) in [5.74, 6) is 0. The molecule has 1 atom stereocenters. The summed E-state index contributed by atoms with van der Waals surface area (Å²) in [4.78, 5) is 2.41. The van der Waals surface area contributed by atoms with Crippen molar-refractivity contribution in [1.29, 1.82) is 0 Å². The second-order valence-electron chi connectivity index (χ2n) is 4.34. The van der Waals surface area contributed by atoms with Crippen LogP contribution in [0.1, 0.15) is 18.5 Å². The minimum Gasteiger partial charge on any atom is -0.361 e. The lowest BCUT2D eigenvalue weighted by molar-refractivity contribution is 0.737. The molecule has 0 fully saturated rings. The van der Waals surface area contributed by atoms with Crippen LogP contribution < -0.4 is 4.90 Å². The summed E-state index contributed by atoms with van der Waals surface area (Å²) in [5, 5.41) is 2.76. The molecule has 0 saturated heterocycles. The molecular weight excluding hydrogens is 194 g/mol. The molecule has 0 saturated carbocycles. The highest BCUT2D eigenvalue weighted by atomic mass is 15.2. The highest BCUT2D eigenvalue weighted by molar-refractivity contribution is 6.00. The molecule has 0 aromatic heterocycles. The maximum Gasteiger partial charge on any atom is 0.0524 e. The number of hydrogen-bond donors (Lipinski definition) is 0. The number of nitrogens with zero attached hydrogens (tertiary/aromatic N) is 1. The van der Waals surface area contributed by atoms with Gasteiger partial charge in [-0.25, -0.2) is 0 Å². The Morgan fingerprint density at radius 3 is 2.75 bits per heavy atom. The van der Waals surface area contributed by atoms with Crippen LogP contribution in [0.2, 0.25) is 0 Å². The van der Waals surface area contributed by atoms with E-state index in [4.69, 9.17) is 0 Å². The third-order valence-corrected chi connectivity index (χ3v) is 3.47. The maximum atomic E-state index is 3.84. The summed E-state index contributed by atoms with van der Waals surface area (Å²) in [5.41, 5.74) is 2.79. The van der Waals surface area contributed by atoms with Gasteiger partial charge in [0, 0.05) is 17.6 Å². The van der Waals surface area contributed by atoms with Crippen LogP contribution in [0, 0.1) is 0 Å². The van der Waals surface area contributed by atoms with E-state index in [1.165, 1.54) is 22.0 Å². The molecule has 0 spiro atoms. The first-order valence-corrected chi connectivity index (χ1v) is 5.72. The van der Waals surface area contributed by atoms with E-state index < -0.39 is 0 Å². The minimum atomic E-state index is 0.457. The van der Waals surface area contributed by atoms with Crippen molar-refractivity contribution < 1.29 is 0 Å². The average molecular weight is 209 g/mol. The van der Waals surface area contributed by atoms with Gasteiger partial charge < -0.3 is 4.90 Å². The number of benzene rings is 2. The van der Waals surface area contributed by atoms with Crippen LogP contribution in [0.15, 0.2) is 49.1 Å². The molecule has 1 nitrogen and oxygen atoms in total. The van der Waals surface area contributed by atoms with Gasteiger partial charge in [0.1, 0.15) is 0 Å². The molecule has 0 N–H and O–H groups in total. The highest BCUT2D eigenvalue weighted by Gasteiger charge is 2.26. The summed E-state index contributed by atoms with van der Waals surface area (Å²) in [6.45, 7) is 7.02. The predicted molar refractivity (Wildman–Crippen MR) is 69.9 cm³/mol. The SMILES string of the molecule is C=CCN1c2cccc3cccc(c23)C1C. The Labute approximate surface area is 96.0 Å². The molecule has 1 aliphatic heterocycles. The van der Waals surface area contributed by atoms with Crippen molar-refractivity contribution in [3.8, 4) is 0 Å². The third kappa shape index (κ3) is 1.12. The fourth-order valence-electron chi connectivity index (χ4n) is 2.71. The first-order valence-electron chi connectivity index (χ1n) is 5.72. The summed E-state index contributed by atoms with van der Waals surface area (Å²) in [7, 11) is 0. The Bertz CT molecular complexity index is 551. The topological polar surface area (TPSA) is 3.24 Å². The lowest BCUT2D eigenvalue weighted by Gasteiger charge is -2.23. The molecular formula is C15H15N. The zero-order valence-electron chi connectivity index (χ0n) is 9.48. The van der Waals surface area contributed by atoms with Crippen molar-refractivity contribution in [2.75, 3.05) is 11.4 Å². The predicted octanol–water partition coefficient (Wildman–Crippen LogP) is 3.91. The molecule has 80 valence electrons. The van der Waals surface area contributed by atoms with Crippen molar-refractivity contribution in [2.24, 2.45) is 0 Å². The normalized spacial score (nSPS) is 18.1. The van der Waals surface area contributed by atoms with E-state index in [-0.39, 0.29) is 0 Å². The second-order valence-corrected chi connectivity index (χ2v) is 4.34. The molecule has 2 aromatic carbocycles. The van der Waals surface area contributed by atoms with Gasteiger partial charge in [-0.1, -0.05) is 36.4 Å². The molecule has 0 aliphatic carbocycles. The van der Waals surface area contributed by atoms with E-state index in [0.29, 0.717) is 6.04 Å². The largest absolute Gasteiger partial charge is 0.361 e. The van der Waals surface area contributed by atoms with E-state index in [0.717, 1.165) is 6.54 Å². The van der Waals surface area contributed by atoms with Gasteiger partial charge >= 0.3 is 0 Å². The number of rotatable bonds is 2.